The van der Waals surface area contributed by atoms with E-state index in [9.17, 15) is 13.2 Å². The van der Waals surface area contributed by atoms with E-state index >= 15 is 0 Å². The van der Waals surface area contributed by atoms with Gasteiger partial charge in [-0.1, -0.05) is 30.3 Å². The third kappa shape index (κ3) is 4.68. The first-order valence-corrected chi connectivity index (χ1v) is 9.67. The Labute approximate surface area is 138 Å². The topological polar surface area (TPSA) is 69.7 Å². The predicted octanol–water partition coefficient (Wildman–Crippen LogP) is 1.81. The highest BCUT2D eigenvalue weighted by molar-refractivity contribution is 7.88. The first-order valence-electron chi connectivity index (χ1n) is 7.82. The number of benzene rings is 1. The number of piperidine rings is 1. The Morgan fingerprint density at radius 2 is 1.83 bits per heavy atom. The maximum Gasteiger partial charge on any atom is 0.317 e. The molecule has 0 saturated carbocycles. The number of carbonyl (C=O) groups excluding carboxylic acids is 1. The molecule has 2 amide bonds. The van der Waals surface area contributed by atoms with Crippen molar-refractivity contribution in [3.05, 3.63) is 35.9 Å². The number of carbonyl (C=O) groups is 1. The van der Waals surface area contributed by atoms with Crippen molar-refractivity contribution < 1.29 is 13.2 Å². The maximum absolute atomic E-state index is 12.4. The van der Waals surface area contributed by atoms with Crippen molar-refractivity contribution in [3.8, 4) is 0 Å². The highest BCUT2D eigenvalue weighted by atomic mass is 32.2. The van der Waals surface area contributed by atoms with Crippen LogP contribution in [0.5, 0.6) is 0 Å². The molecule has 0 aromatic heterocycles. The molecule has 0 spiro atoms. The predicted molar refractivity (Wildman–Crippen MR) is 90.6 cm³/mol. The van der Waals surface area contributed by atoms with Gasteiger partial charge in [-0.3, -0.25) is 0 Å². The van der Waals surface area contributed by atoms with Gasteiger partial charge in [0.05, 0.1) is 12.3 Å². The average Bonchev–Trinajstić information content (AvgIpc) is 2.54. The molecule has 0 bridgehead atoms. The quantitative estimate of drug-likeness (QED) is 0.909. The number of rotatable bonds is 4. The second-order valence-electron chi connectivity index (χ2n) is 6.08. The molecule has 1 aliphatic heterocycles. The van der Waals surface area contributed by atoms with E-state index < -0.39 is 10.0 Å². The SMILES string of the molecule is C[C@@H](c1ccccc1)N(C)C(=O)NC1CCN(S(C)(=O)=O)CC1. The molecule has 23 heavy (non-hydrogen) atoms. The molecule has 1 aromatic rings. The van der Waals surface area contributed by atoms with Gasteiger partial charge in [0.25, 0.3) is 0 Å². The van der Waals surface area contributed by atoms with Crippen LogP contribution in [0.15, 0.2) is 30.3 Å². The molecule has 1 heterocycles. The Kier molecular flexibility index (Phi) is 5.64. The van der Waals surface area contributed by atoms with Gasteiger partial charge in [0.1, 0.15) is 0 Å². The van der Waals surface area contributed by atoms with E-state index in [1.807, 2.05) is 37.3 Å². The number of hydrogen-bond donors (Lipinski definition) is 1. The summed E-state index contributed by atoms with van der Waals surface area (Å²) in [7, 11) is -1.36. The molecule has 1 saturated heterocycles. The molecule has 0 radical (unpaired) electrons. The zero-order valence-electron chi connectivity index (χ0n) is 13.9. The molecule has 7 heteroatoms. The Hall–Kier alpha value is -1.60. The van der Waals surface area contributed by atoms with Crippen LogP contribution in [0.1, 0.15) is 31.4 Å². The molecule has 2 rings (SSSR count). The van der Waals surface area contributed by atoms with Crippen LogP contribution in [0.3, 0.4) is 0 Å². The molecular weight excluding hydrogens is 314 g/mol. The monoisotopic (exact) mass is 339 g/mol. The summed E-state index contributed by atoms with van der Waals surface area (Å²) in [6.07, 6.45) is 2.51. The van der Waals surface area contributed by atoms with E-state index in [0.29, 0.717) is 25.9 Å². The minimum Gasteiger partial charge on any atom is -0.335 e. The Morgan fingerprint density at radius 3 is 2.35 bits per heavy atom. The van der Waals surface area contributed by atoms with Crippen molar-refractivity contribution in [2.75, 3.05) is 26.4 Å². The van der Waals surface area contributed by atoms with Crippen LogP contribution in [0.25, 0.3) is 0 Å². The standard InChI is InChI=1S/C16H25N3O3S/c1-13(14-7-5-4-6-8-14)18(2)16(20)17-15-9-11-19(12-10-15)23(3,21)22/h4-8,13,15H,9-12H2,1-3H3,(H,17,20)/t13-/m0/s1. The van der Waals surface area contributed by atoms with E-state index in [1.165, 1.54) is 10.6 Å². The van der Waals surface area contributed by atoms with Gasteiger partial charge in [-0.05, 0) is 25.3 Å². The lowest BCUT2D eigenvalue weighted by molar-refractivity contribution is 0.184. The van der Waals surface area contributed by atoms with Crippen LogP contribution in [0, 0.1) is 0 Å². The van der Waals surface area contributed by atoms with Gasteiger partial charge in [-0.25, -0.2) is 17.5 Å². The van der Waals surface area contributed by atoms with Crippen LogP contribution in [0.4, 0.5) is 4.79 Å². The lowest BCUT2D eigenvalue weighted by Crippen LogP contribution is -2.49. The van der Waals surface area contributed by atoms with Crippen molar-refractivity contribution in [2.24, 2.45) is 0 Å². The zero-order chi connectivity index (χ0) is 17.0. The number of sulfonamides is 1. The average molecular weight is 339 g/mol. The summed E-state index contributed by atoms with van der Waals surface area (Å²) in [5.41, 5.74) is 1.08. The molecule has 0 unspecified atom stereocenters. The fourth-order valence-electron chi connectivity index (χ4n) is 2.74. The van der Waals surface area contributed by atoms with Crippen molar-refractivity contribution in [1.29, 1.82) is 0 Å². The molecule has 1 atom stereocenters. The minimum atomic E-state index is -3.13. The number of amides is 2. The van der Waals surface area contributed by atoms with Gasteiger partial charge in [0.2, 0.25) is 10.0 Å². The molecule has 1 fully saturated rings. The van der Waals surface area contributed by atoms with Crippen molar-refractivity contribution in [3.63, 3.8) is 0 Å². The molecule has 0 aliphatic carbocycles. The van der Waals surface area contributed by atoms with E-state index in [1.54, 1.807) is 11.9 Å². The van der Waals surface area contributed by atoms with Crippen molar-refractivity contribution in [2.45, 2.75) is 31.8 Å². The van der Waals surface area contributed by atoms with Gasteiger partial charge < -0.3 is 10.2 Å². The van der Waals surface area contributed by atoms with Gasteiger partial charge in [-0.15, -0.1) is 0 Å². The van der Waals surface area contributed by atoms with Gasteiger partial charge >= 0.3 is 6.03 Å². The largest absolute Gasteiger partial charge is 0.335 e. The highest BCUT2D eigenvalue weighted by Gasteiger charge is 2.27. The normalized spacial score (nSPS) is 18.4. The third-order valence-electron chi connectivity index (χ3n) is 4.43. The molecule has 128 valence electrons. The maximum atomic E-state index is 12.4. The smallest absolute Gasteiger partial charge is 0.317 e. The van der Waals surface area contributed by atoms with Crippen LogP contribution in [0.2, 0.25) is 0 Å². The van der Waals surface area contributed by atoms with Crippen LogP contribution >= 0.6 is 0 Å². The third-order valence-corrected chi connectivity index (χ3v) is 5.74. The molecule has 1 aromatic carbocycles. The van der Waals surface area contributed by atoms with Gasteiger partial charge in [0, 0.05) is 26.2 Å². The minimum absolute atomic E-state index is 0.0194. The summed E-state index contributed by atoms with van der Waals surface area (Å²) in [6.45, 7) is 2.91. The van der Waals surface area contributed by atoms with Crippen molar-refractivity contribution in [1.82, 2.24) is 14.5 Å². The number of nitrogens with zero attached hydrogens (tertiary/aromatic N) is 2. The summed E-state index contributed by atoms with van der Waals surface area (Å²) in [6, 6.07) is 9.73. The lowest BCUT2D eigenvalue weighted by atomic mass is 10.1. The van der Waals surface area contributed by atoms with E-state index in [2.05, 4.69) is 5.32 Å². The number of urea groups is 1. The Morgan fingerprint density at radius 1 is 1.26 bits per heavy atom. The number of hydrogen-bond acceptors (Lipinski definition) is 3. The van der Waals surface area contributed by atoms with Crippen LogP contribution in [-0.2, 0) is 10.0 Å². The van der Waals surface area contributed by atoms with Crippen LogP contribution < -0.4 is 5.32 Å². The summed E-state index contributed by atoms with van der Waals surface area (Å²) in [4.78, 5) is 14.1. The van der Waals surface area contributed by atoms with Crippen molar-refractivity contribution >= 4 is 16.1 Å². The van der Waals surface area contributed by atoms with Gasteiger partial charge in [-0.2, -0.15) is 0 Å². The molecule has 1 N–H and O–H groups in total. The number of nitrogens with one attached hydrogen (secondary N) is 1. The van der Waals surface area contributed by atoms with Gasteiger partial charge in [0.15, 0.2) is 0 Å². The first kappa shape index (κ1) is 17.7. The Balaban J connectivity index is 1.88. The fraction of sp³-hybridized carbons (Fsp3) is 0.562. The lowest BCUT2D eigenvalue weighted by Gasteiger charge is -2.33. The van der Waals surface area contributed by atoms with E-state index in [4.69, 9.17) is 0 Å². The summed E-state index contributed by atoms with van der Waals surface area (Å²) in [5.74, 6) is 0. The Bertz CT molecular complexity index is 625. The summed E-state index contributed by atoms with van der Waals surface area (Å²) in [5, 5.41) is 3.01. The first-order chi connectivity index (χ1) is 10.8. The second-order valence-corrected chi connectivity index (χ2v) is 8.07. The molecular formula is C16H25N3O3S. The highest BCUT2D eigenvalue weighted by Crippen LogP contribution is 2.19. The summed E-state index contributed by atoms with van der Waals surface area (Å²) < 4.78 is 24.5. The second kappa shape index (κ2) is 7.31. The molecule has 6 nitrogen and oxygen atoms in total. The zero-order valence-corrected chi connectivity index (χ0v) is 14.7. The molecule has 1 aliphatic rings. The fourth-order valence-corrected chi connectivity index (χ4v) is 3.61. The van der Waals surface area contributed by atoms with Crippen LogP contribution in [-0.4, -0.2) is 56.1 Å². The summed E-state index contributed by atoms with van der Waals surface area (Å²) >= 11 is 0. The van der Waals surface area contributed by atoms with E-state index in [0.717, 1.165) is 5.56 Å². The van der Waals surface area contributed by atoms with E-state index in [-0.39, 0.29) is 18.1 Å².